The van der Waals surface area contributed by atoms with Gasteiger partial charge in [0.1, 0.15) is 0 Å². The molecule has 0 aliphatic carbocycles. The van der Waals surface area contributed by atoms with Crippen LogP contribution in [0.3, 0.4) is 0 Å². The van der Waals surface area contributed by atoms with E-state index >= 15 is 0 Å². The first-order valence-electron chi connectivity index (χ1n) is 19.2. The average molecular weight is 704 g/mol. The molecule has 1 unspecified atom stereocenters. The van der Waals surface area contributed by atoms with Crippen molar-refractivity contribution in [2.24, 2.45) is 0 Å². The number of carbonyl (C=O) groups is 2. The molecule has 2 aliphatic rings. The molecule has 1 atom stereocenters. The van der Waals surface area contributed by atoms with Crippen molar-refractivity contribution in [2.75, 3.05) is 50.8 Å². The van der Waals surface area contributed by atoms with Crippen molar-refractivity contribution in [1.82, 2.24) is 9.80 Å². The predicted octanol–water partition coefficient (Wildman–Crippen LogP) is 7.84. The molecule has 7 heteroatoms. The van der Waals surface area contributed by atoms with E-state index in [0.717, 1.165) is 88.2 Å². The molecule has 0 bridgehead atoms. The van der Waals surface area contributed by atoms with Crippen molar-refractivity contribution in [3.8, 4) is 0 Å². The molecule has 2 fully saturated rings. The molecule has 4 aromatic carbocycles. The Hall–Kier alpha value is -4.30. The molecule has 276 valence electrons. The number of esters is 1. The minimum Gasteiger partial charge on any atom is -0.465 e. The van der Waals surface area contributed by atoms with E-state index in [-0.39, 0.29) is 11.9 Å². The van der Waals surface area contributed by atoms with E-state index in [1.165, 1.54) is 5.56 Å². The Labute approximate surface area is 311 Å². The summed E-state index contributed by atoms with van der Waals surface area (Å²) < 4.78 is 5.43. The van der Waals surface area contributed by atoms with Gasteiger partial charge < -0.3 is 24.5 Å². The van der Waals surface area contributed by atoms with Crippen LogP contribution in [0.1, 0.15) is 75.2 Å². The van der Waals surface area contributed by atoms with Crippen molar-refractivity contribution >= 4 is 17.6 Å². The molecule has 0 spiro atoms. The summed E-state index contributed by atoms with van der Waals surface area (Å²) in [7, 11) is 0. The van der Waals surface area contributed by atoms with Crippen LogP contribution >= 0.6 is 0 Å². The van der Waals surface area contributed by atoms with E-state index in [1.807, 2.05) is 97.6 Å². The minimum absolute atomic E-state index is 0.111. The van der Waals surface area contributed by atoms with Gasteiger partial charge in [-0.15, -0.1) is 0 Å². The van der Waals surface area contributed by atoms with Gasteiger partial charge in [-0.1, -0.05) is 116 Å². The first kappa shape index (κ1) is 38.9. The minimum atomic E-state index is -0.550. The zero-order valence-electron chi connectivity index (χ0n) is 31.1. The number of likely N-dealkylation sites (tertiary alicyclic amines) is 2. The van der Waals surface area contributed by atoms with E-state index in [1.54, 1.807) is 0 Å². The lowest BCUT2D eigenvalue weighted by Crippen LogP contribution is -2.48. The van der Waals surface area contributed by atoms with Gasteiger partial charge in [0.15, 0.2) is 0 Å². The van der Waals surface area contributed by atoms with Crippen LogP contribution in [0.5, 0.6) is 0 Å². The predicted molar refractivity (Wildman–Crippen MR) is 210 cm³/mol. The van der Waals surface area contributed by atoms with Gasteiger partial charge in [0, 0.05) is 44.3 Å². The summed E-state index contributed by atoms with van der Waals surface area (Å²) in [5, 5.41) is 10.4. The topological polar surface area (TPSA) is 73.3 Å². The van der Waals surface area contributed by atoms with Gasteiger partial charge in [-0.2, -0.15) is 0 Å². The fourth-order valence-electron chi connectivity index (χ4n) is 7.59. The second kappa shape index (κ2) is 20.1. The Balaban J connectivity index is 0.000000202. The lowest BCUT2D eigenvalue weighted by atomic mass is 9.72. The monoisotopic (exact) mass is 703 g/mol. The van der Waals surface area contributed by atoms with Gasteiger partial charge >= 0.3 is 5.97 Å². The molecule has 1 amide bonds. The van der Waals surface area contributed by atoms with Crippen molar-refractivity contribution in [2.45, 2.75) is 76.4 Å². The quantitative estimate of drug-likeness (QED) is 0.143. The van der Waals surface area contributed by atoms with Crippen LogP contribution < -0.4 is 4.90 Å². The molecule has 2 saturated heterocycles. The highest BCUT2D eigenvalue weighted by atomic mass is 16.5. The van der Waals surface area contributed by atoms with E-state index in [4.69, 9.17) is 4.74 Å². The summed E-state index contributed by atoms with van der Waals surface area (Å²) in [5.74, 6) is 0.120. The molecule has 0 radical (unpaired) electrons. The van der Waals surface area contributed by atoms with Crippen LogP contribution in [0.4, 0.5) is 5.69 Å². The summed E-state index contributed by atoms with van der Waals surface area (Å²) in [6.07, 6.45) is 5.50. The van der Waals surface area contributed by atoms with Gasteiger partial charge in [0.25, 0.3) is 0 Å². The first-order chi connectivity index (χ1) is 25.4. The van der Waals surface area contributed by atoms with Gasteiger partial charge in [-0.05, 0) is 87.4 Å². The first-order valence-corrected chi connectivity index (χ1v) is 19.2. The fourth-order valence-corrected chi connectivity index (χ4v) is 7.59. The van der Waals surface area contributed by atoms with Crippen molar-refractivity contribution < 1.29 is 19.4 Å². The van der Waals surface area contributed by atoms with E-state index in [9.17, 15) is 14.7 Å². The summed E-state index contributed by atoms with van der Waals surface area (Å²) >= 11 is 0. The Kier molecular flexibility index (Phi) is 15.0. The molecule has 2 heterocycles. The number of para-hydroxylation sites is 1. The van der Waals surface area contributed by atoms with Crippen molar-refractivity contribution in [3.05, 3.63) is 138 Å². The van der Waals surface area contributed by atoms with Gasteiger partial charge in [0.2, 0.25) is 5.91 Å². The third-order valence-electron chi connectivity index (χ3n) is 10.7. The maximum atomic E-state index is 12.8. The van der Waals surface area contributed by atoms with Crippen LogP contribution in [-0.2, 0) is 26.2 Å². The third kappa shape index (κ3) is 10.6. The number of hydrogen-bond acceptors (Lipinski definition) is 6. The Morgan fingerprint density at radius 2 is 1.29 bits per heavy atom. The Morgan fingerprint density at radius 1 is 0.750 bits per heavy atom. The highest BCUT2D eigenvalue weighted by Crippen LogP contribution is 2.37. The Morgan fingerprint density at radius 3 is 1.87 bits per heavy atom. The molecule has 2 aliphatic heterocycles. The highest BCUT2D eigenvalue weighted by Gasteiger charge is 2.44. The number of aliphatic hydroxyl groups is 1. The Bertz CT molecular complexity index is 1600. The number of benzene rings is 4. The number of carbonyl (C=O) groups excluding carboxylic acids is 2. The number of piperidine rings is 2. The average Bonchev–Trinajstić information content (AvgIpc) is 3.21. The van der Waals surface area contributed by atoms with E-state index < -0.39 is 11.5 Å². The highest BCUT2D eigenvalue weighted by molar-refractivity contribution is 5.93. The smallest absolute Gasteiger partial charge is 0.316 e. The zero-order valence-corrected chi connectivity index (χ0v) is 31.1. The van der Waals surface area contributed by atoms with E-state index in [2.05, 4.69) is 52.3 Å². The maximum Gasteiger partial charge on any atom is 0.316 e. The number of anilines is 1. The summed E-state index contributed by atoms with van der Waals surface area (Å²) in [4.78, 5) is 32.2. The lowest BCUT2D eigenvalue weighted by Gasteiger charge is -2.40. The maximum absolute atomic E-state index is 12.8. The second-order valence-corrected chi connectivity index (χ2v) is 14.0. The molecule has 1 N–H and O–H groups in total. The number of rotatable bonds is 13. The molecule has 6 rings (SSSR count). The molecule has 0 aromatic heterocycles. The number of nitrogens with zero attached hydrogens (tertiary/aromatic N) is 3. The SMILES string of the molecule is CCC(=O)N(c1ccccc1)C1CCN(CCc2ccccc2)CC1.CCOC(=O)C1(c2ccccc2)CCN(CCC(O)c2ccccc2)CC1. The molecule has 4 aromatic rings. The van der Waals surface area contributed by atoms with Crippen LogP contribution in [0.2, 0.25) is 0 Å². The zero-order chi connectivity index (χ0) is 36.6. The summed E-state index contributed by atoms with van der Waals surface area (Å²) in [6.45, 7) is 9.93. The normalized spacial score (nSPS) is 17.0. The number of ether oxygens (including phenoxy) is 1. The number of aliphatic hydroxyl groups excluding tert-OH is 1. The van der Waals surface area contributed by atoms with Crippen LogP contribution in [0, 0.1) is 0 Å². The largest absolute Gasteiger partial charge is 0.465 e. The van der Waals surface area contributed by atoms with Crippen LogP contribution in [-0.4, -0.2) is 78.7 Å². The van der Waals surface area contributed by atoms with Crippen LogP contribution in [0.15, 0.2) is 121 Å². The summed E-state index contributed by atoms with van der Waals surface area (Å²) in [5.41, 5.74) is 3.90. The number of hydrogen-bond donors (Lipinski definition) is 1. The van der Waals surface area contributed by atoms with Crippen LogP contribution in [0.25, 0.3) is 0 Å². The molecular weight excluding hydrogens is 647 g/mol. The second-order valence-electron chi connectivity index (χ2n) is 14.0. The fraction of sp³-hybridized carbons (Fsp3) is 0.422. The van der Waals surface area contributed by atoms with Gasteiger partial charge in [-0.3, -0.25) is 9.59 Å². The molecular formula is C45H57N3O4. The van der Waals surface area contributed by atoms with Gasteiger partial charge in [-0.25, -0.2) is 0 Å². The molecule has 52 heavy (non-hydrogen) atoms. The molecule has 0 saturated carbocycles. The third-order valence-corrected chi connectivity index (χ3v) is 10.7. The van der Waals surface area contributed by atoms with E-state index in [0.29, 0.717) is 25.5 Å². The molecule has 7 nitrogen and oxygen atoms in total. The van der Waals surface area contributed by atoms with Crippen molar-refractivity contribution in [3.63, 3.8) is 0 Å². The van der Waals surface area contributed by atoms with Crippen molar-refractivity contribution in [1.29, 1.82) is 0 Å². The van der Waals surface area contributed by atoms with Gasteiger partial charge in [0.05, 0.1) is 18.1 Å². The standard InChI is InChI=1S/C23H29NO3.C22H28N2O/c1-2-27-22(26)23(20-11-7-4-8-12-20)14-17-24(18-15-23)16-13-21(25)19-9-5-3-6-10-19;1-2-22(25)24(20-11-7-4-8-12-20)21-14-17-23(18-15-21)16-13-19-9-5-3-6-10-19/h3-12,21,25H,2,13-18H2,1H3;3-12,21H,2,13-18H2,1H3. The number of amides is 1. The summed E-state index contributed by atoms with van der Waals surface area (Å²) in [6, 6.07) is 40.9. The lowest BCUT2D eigenvalue weighted by molar-refractivity contribution is -0.152.